The highest BCUT2D eigenvalue weighted by Gasteiger charge is 2.03. The van der Waals surface area contributed by atoms with Gasteiger partial charge < -0.3 is 14.8 Å². The van der Waals surface area contributed by atoms with Gasteiger partial charge in [0.05, 0.1) is 11.9 Å². The number of benzene rings is 2. The number of hydrogen-bond acceptors (Lipinski definition) is 3. The molecule has 26 heavy (non-hydrogen) atoms. The number of urea groups is 1. The fraction of sp³-hybridized carbons (Fsp3) is 0.100. The number of anilines is 2. The van der Waals surface area contributed by atoms with Crippen LogP contribution in [0.15, 0.2) is 78.0 Å². The Kier molecular flexibility index (Phi) is 5.34. The van der Waals surface area contributed by atoms with Crippen LogP contribution in [0.4, 0.5) is 16.2 Å². The van der Waals surface area contributed by atoms with Gasteiger partial charge in [0.1, 0.15) is 0 Å². The van der Waals surface area contributed by atoms with Crippen molar-refractivity contribution in [3.8, 4) is 5.69 Å². The Balaban J connectivity index is 1.65. The molecule has 0 aliphatic rings. The van der Waals surface area contributed by atoms with Crippen LogP contribution in [0.2, 0.25) is 0 Å². The number of rotatable bonds is 5. The Morgan fingerprint density at radius 2 is 1.73 bits per heavy atom. The highest BCUT2D eigenvalue weighted by molar-refractivity contribution is 5.90. The lowest BCUT2D eigenvalue weighted by Crippen LogP contribution is -2.24. The van der Waals surface area contributed by atoms with Crippen molar-refractivity contribution in [2.24, 2.45) is 5.10 Å². The van der Waals surface area contributed by atoms with E-state index in [0.29, 0.717) is 5.69 Å². The Bertz CT molecular complexity index is 882. The van der Waals surface area contributed by atoms with Gasteiger partial charge in [0.15, 0.2) is 0 Å². The zero-order valence-electron chi connectivity index (χ0n) is 14.8. The first-order valence-electron chi connectivity index (χ1n) is 8.24. The number of hydrazone groups is 1. The van der Waals surface area contributed by atoms with Gasteiger partial charge >= 0.3 is 6.03 Å². The smallest absolute Gasteiger partial charge is 0.339 e. The molecule has 0 radical (unpaired) electrons. The summed E-state index contributed by atoms with van der Waals surface area (Å²) in [6, 6.07) is 20.9. The molecule has 3 aromatic rings. The van der Waals surface area contributed by atoms with Gasteiger partial charge in [-0.25, -0.2) is 10.2 Å². The van der Waals surface area contributed by atoms with E-state index in [1.54, 1.807) is 6.21 Å². The molecule has 0 unspecified atom stereocenters. The third-order valence-electron chi connectivity index (χ3n) is 3.82. The third-order valence-corrected chi connectivity index (χ3v) is 3.82. The molecule has 0 fully saturated rings. The van der Waals surface area contributed by atoms with E-state index in [0.717, 1.165) is 17.1 Å². The monoisotopic (exact) mass is 347 g/mol. The number of amides is 2. The van der Waals surface area contributed by atoms with Crippen LogP contribution in [0.5, 0.6) is 0 Å². The lowest BCUT2D eigenvalue weighted by molar-refractivity contribution is 0.252. The van der Waals surface area contributed by atoms with Crippen LogP contribution >= 0.6 is 0 Å². The van der Waals surface area contributed by atoms with Gasteiger partial charge in [0, 0.05) is 37.4 Å². The normalized spacial score (nSPS) is 10.7. The molecular weight excluding hydrogens is 326 g/mol. The maximum atomic E-state index is 11.8. The summed E-state index contributed by atoms with van der Waals surface area (Å²) in [7, 11) is 4.02. The number of carbonyl (C=O) groups excluding carboxylic acids is 1. The van der Waals surface area contributed by atoms with Crippen molar-refractivity contribution in [1.29, 1.82) is 0 Å². The lowest BCUT2D eigenvalue weighted by Gasteiger charge is -2.13. The van der Waals surface area contributed by atoms with Crippen LogP contribution in [0, 0.1) is 0 Å². The fourth-order valence-corrected chi connectivity index (χ4v) is 2.48. The molecule has 6 heteroatoms. The number of nitrogens with zero attached hydrogens (tertiary/aromatic N) is 3. The van der Waals surface area contributed by atoms with Crippen LogP contribution in [0.3, 0.4) is 0 Å². The van der Waals surface area contributed by atoms with Crippen molar-refractivity contribution in [3.63, 3.8) is 0 Å². The molecule has 0 spiro atoms. The molecular formula is C20H21N5O. The highest BCUT2D eigenvalue weighted by atomic mass is 16.2. The summed E-state index contributed by atoms with van der Waals surface area (Å²) in [5.41, 5.74) is 6.21. The van der Waals surface area contributed by atoms with Gasteiger partial charge in [0.25, 0.3) is 0 Å². The van der Waals surface area contributed by atoms with Crippen LogP contribution in [0.25, 0.3) is 5.69 Å². The number of aromatic nitrogens is 1. The molecule has 1 heterocycles. The summed E-state index contributed by atoms with van der Waals surface area (Å²) < 4.78 is 2.00. The Morgan fingerprint density at radius 1 is 1.00 bits per heavy atom. The van der Waals surface area contributed by atoms with Crippen molar-refractivity contribution in [1.82, 2.24) is 9.99 Å². The summed E-state index contributed by atoms with van der Waals surface area (Å²) in [6.07, 6.45) is 3.57. The van der Waals surface area contributed by atoms with Gasteiger partial charge in [-0.15, -0.1) is 0 Å². The molecule has 2 N–H and O–H groups in total. The second-order valence-electron chi connectivity index (χ2n) is 5.90. The van der Waals surface area contributed by atoms with Gasteiger partial charge in [-0.3, -0.25) is 0 Å². The molecule has 0 saturated heterocycles. The first-order valence-corrected chi connectivity index (χ1v) is 8.24. The average Bonchev–Trinajstić information content (AvgIpc) is 3.11. The van der Waals surface area contributed by atoms with Crippen LogP contribution in [-0.2, 0) is 0 Å². The van der Waals surface area contributed by atoms with Crippen molar-refractivity contribution >= 4 is 23.6 Å². The third kappa shape index (κ3) is 4.30. The molecule has 3 rings (SSSR count). The topological polar surface area (TPSA) is 61.7 Å². The second-order valence-corrected chi connectivity index (χ2v) is 5.90. The highest BCUT2D eigenvalue weighted by Crippen LogP contribution is 2.17. The van der Waals surface area contributed by atoms with E-state index in [2.05, 4.69) is 32.9 Å². The van der Waals surface area contributed by atoms with Gasteiger partial charge in [-0.2, -0.15) is 5.10 Å². The average molecular weight is 347 g/mol. The Labute approximate surface area is 152 Å². The zero-order valence-corrected chi connectivity index (χ0v) is 14.8. The fourth-order valence-electron chi connectivity index (χ4n) is 2.48. The number of carbonyl (C=O) groups is 1. The summed E-state index contributed by atoms with van der Waals surface area (Å²) in [4.78, 5) is 13.9. The van der Waals surface area contributed by atoms with E-state index in [9.17, 15) is 4.79 Å². The maximum absolute atomic E-state index is 11.8. The lowest BCUT2D eigenvalue weighted by atomic mass is 10.2. The van der Waals surface area contributed by atoms with E-state index in [1.165, 1.54) is 0 Å². The van der Waals surface area contributed by atoms with Gasteiger partial charge in [-0.05, 0) is 48.5 Å². The minimum atomic E-state index is -0.388. The van der Waals surface area contributed by atoms with Crippen LogP contribution < -0.4 is 15.6 Å². The molecule has 1 aromatic heterocycles. The number of nitrogens with one attached hydrogen (secondary N) is 2. The largest absolute Gasteiger partial charge is 0.378 e. The maximum Gasteiger partial charge on any atom is 0.339 e. The van der Waals surface area contributed by atoms with E-state index in [4.69, 9.17) is 0 Å². The SMILES string of the molecule is CN(C)c1ccc(-n2cccc2/C=N\NC(=O)Nc2ccccc2)cc1. The van der Waals surface area contributed by atoms with E-state index < -0.39 is 0 Å². The first-order chi connectivity index (χ1) is 12.6. The van der Waals surface area contributed by atoms with Gasteiger partial charge in [0.2, 0.25) is 0 Å². The molecule has 2 amide bonds. The molecule has 0 saturated carbocycles. The molecule has 6 nitrogen and oxygen atoms in total. The first kappa shape index (κ1) is 17.3. The second kappa shape index (κ2) is 8.02. The Morgan fingerprint density at radius 3 is 2.42 bits per heavy atom. The van der Waals surface area contributed by atoms with E-state index in [1.807, 2.05) is 79.5 Å². The molecule has 0 aliphatic heterocycles. The number of para-hydroxylation sites is 1. The molecule has 2 aromatic carbocycles. The molecule has 0 aliphatic carbocycles. The summed E-state index contributed by atoms with van der Waals surface area (Å²) >= 11 is 0. The van der Waals surface area contributed by atoms with Crippen molar-refractivity contribution in [2.75, 3.05) is 24.3 Å². The van der Waals surface area contributed by atoms with Crippen molar-refractivity contribution < 1.29 is 4.79 Å². The minimum Gasteiger partial charge on any atom is -0.378 e. The number of hydrogen-bond donors (Lipinski definition) is 2. The van der Waals surface area contributed by atoms with E-state index >= 15 is 0 Å². The molecule has 0 atom stereocenters. The summed E-state index contributed by atoms with van der Waals surface area (Å²) in [6.45, 7) is 0. The molecule has 0 bridgehead atoms. The van der Waals surface area contributed by atoms with Crippen LogP contribution in [0.1, 0.15) is 5.69 Å². The quantitative estimate of drug-likeness (QED) is 0.546. The predicted octanol–water partition coefficient (Wildman–Crippen LogP) is 3.70. The zero-order chi connectivity index (χ0) is 18.4. The van der Waals surface area contributed by atoms with Gasteiger partial charge in [-0.1, -0.05) is 18.2 Å². The summed E-state index contributed by atoms with van der Waals surface area (Å²) in [5.74, 6) is 0. The van der Waals surface area contributed by atoms with E-state index in [-0.39, 0.29) is 6.03 Å². The van der Waals surface area contributed by atoms with Crippen molar-refractivity contribution in [2.45, 2.75) is 0 Å². The molecule has 132 valence electrons. The standard InChI is InChI=1S/C20H21N5O/c1-24(2)17-10-12-18(13-11-17)25-14-6-9-19(25)15-21-23-20(26)22-16-7-4-3-5-8-16/h3-15H,1-2H3,(H2,22,23,26)/b21-15-. The minimum absolute atomic E-state index is 0.388. The predicted molar refractivity (Wildman–Crippen MR) is 106 cm³/mol. The summed E-state index contributed by atoms with van der Waals surface area (Å²) in [5, 5.41) is 6.74. The van der Waals surface area contributed by atoms with Crippen LogP contribution in [-0.4, -0.2) is 30.9 Å². The van der Waals surface area contributed by atoms with Crippen molar-refractivity contribution in [3.05, 3.63) is 78.6 Å². The Hall–Kier alpha value is -3.54.